The predicted octanol–water partition coefficient (Wildman–Crippen LogP) is 3.22. The molecule has 0 aromatic heterocycles. The zero-order chi connectivity index (χ0) is 14.1. The highest BCUT2D eigenvalue weighted by Gasteiger charge is 2.32. The summed E-state index contributed by atoms with van der Waals surface area (Å²) in [5.41, 5.74) is 0.209. The topological polar surface area (TPSA) is 45.0 Å². The van der Waals surface area contributed by atoms with E-state index in [1.807, 2.05) is 37.3 Å². The van der Waals surface area contributed by atoms with Gasteiger partial charge in [-0.2, -0.15) is 5.26 Å². The van der Waals surface area contributed by atoms with Crippen LogP contribution in [0.4, 0.5) is 0 Å². The second-order valence-corrected chi connectivity index (χ2v) is 4.82. The van der Waals surface area contributed by atoms with Gasteiger partial charge in [-0.1, -0.05) is 50.6 Å². The van der Waals surface area contributed by atoms with Crippen LogP contribution in [-0.2, 0) is 10.3 Å². The molecule has 3 nitrogen and oxygen atoms in total. The highest BCUT2D eigenvalue weighted by atomic mass is 16.5. The average molecular weight is 260 g/mol. The first kappa shape index (κ1) is 15.7. The maximum atomic E-state index is 9.61. The van der Waals surface area contributed by atoms with Crippen LogP contribution in [0.2, 0.25) is 0 Å². The molecule has 2 atom stereocenters. The van der Waals surface area contributed by atoms with E-state index in [2.05, 4.69) is 25.2 Å². The number of likely N-dealkylation sites (N-methyl/N-ethyl adjacent to an activating group) is 1. The van der Waals surface area contributed by atoms with Crippen LogP contribution in [0, 0.1) is 11.3 Å². The van der Waals surface area contributed by atoms with Gasteiger partial charge in [-0.3, -0.25) is 5.32 Å². The van der Waals surface area contributed by atoms with Crippen LogP contribution < -0.4 is 5.32 Å². The number of ether oxygens (including phenoxy) is 1. The van der Waals surface area contributed by atoms with Gasteiger partial charge in [0, 0.05) is 0 Å². The normalized spacial score (nSPS) is 15.5. The summed E-state index contributed by atoms with van der Waals surface area (Å²) in [6, 6.07) is 12.2. The number of hydrogen-bond acceptors (Lipinski definition) is 3. The van der Waals surface area contributed by atoms with E-state index in [0.717, 1.165) is 24.9 Å². The lowest BCUT2D eigenvalue weighted by Crippen LogP contribution is -2.45. The molecule has 0 amide bonds. The molecule has 0 aliphatic carbocycles. The number of hydrogen-bond donors (Lipinski definition) is 1. The fraction of sp³-hybridized carbons (Fsp3) is 0.562. The summed E-state index contributed by atoms with van der Waals surface area (Å²) in [7, 11) is 0. The lowest BCUT2D eigenvalue weighted by atomic mass is 9.92. The molecule has 1 aromatic carbocycles. The first-order chi connectivity index (χ1) is 9.18. The first-order valence-electron chi connectivity index (χ1n) is 7.02. The molecular weight excluding hydrogens is 236 g/mol. The highest BCUT2D eigenvalue weighted by Crippen LogP contribution is 2.22. The standard InChI is InChI=1S/C16H24N2O/c1-4-9-14(3)19-13-16(12-17,18-5-2)15-10-7-6-8-11-15/h6-8,10-11,14,18H,4-5,9,13H2,1-3H3. The van der Waals surface area contributed by atoms with E-state index >= 15 is 0 Å². The lowest BCUT2D eigenvalue weighted by Gasteiger charge is -2.29. The monoisotopic (exact) mass is 260 g/mol. The Kier molecular flexibility index (Phi) is 6.55. The number of nitrogens with one attached hydrogen (secondary N) is 1. The Morgan fingerprint density at radius 3 is 2.53 bits per heavy atom. The van der Waals surface area contributed by atoms with Gasteiger partial charge in [-0.25, -0.2) is 0 Å². The van der Waals surface area contributed by atoms with Gasteiger partial charge in [-0.05, 0) is 25.5 Å². The zero-order valence-corrected chi connectivity index (χ0v) is 12.1. The molecule has 1 aromatic rings. The fourth-order valence-electron chi connectivity index (χ4n) is 2.15. The molecule has 104 valence electrons. The molecule has 3 heteroatoms. The molecule has 19 heavy (non-hydrogen) atoms. The third kappa shape index (κ3) is 4.34. The van der Waals surface area contributed by atoms with Crippen LogP contribution in [0.5, 0.6) is 0 Å². The molecular formula is C16H24N2O. The number of rotatable bonds is 8. The molecule has 1 rings (SSSR count). The minimum atomic E-state index is -0.752. The van der Waals surface area contributed by atoms with E-state index in [9.17, 15) is 5.26 Å². The number of benzene rings is 1. The molecule has 0 radical (unpaired) electrons. The first-order valence-corrected chi connectivity index (χ1v) is 7.02. The van der Waals surface area contributed by atoms with E-state index in [1.54, 1.807) is 0 Å². The summed E-state index contributed by atoms with van der Waals surface area (Å²) >= 11 is 0. The Hall–Kier alpha value is -1.37. The average Bonchev–Trinajstić information content (AvgIpc) is 2.45. The molecule has 0 aliphatic heterocycles. The SMILES string of the molecule is CCCC(C)OCC(C#N)(NCC)c1ccccc1. The van der Waals surface area contributed by atoms with Crippen molar-refractivity contribution in [1.82, 2.24) is 5.32 Å². The van der Waals surface area contributed by atoms with Crippen molar-refractivity contribution in [2.75, 3.05) is 13.2 Å². The summed E-state index contributed by atoms with van der Waals surface area (Å²) in [6.45, 7) is 7.31. The molecule has 2 unspecified atom stereocenters. The van der Waals surface area contributed by atoms with Gasteiger partial charge in [-0.15, -0.1) is 0 Å². The van der Waals surface area contributed by atoms with Gasteiger partial charge in [0.05, 0.1) is 18.8 Å². The Morgan fingerprint density at radius 2 is 2.00 bits per heavy atom. The third-order valence-corrected chi connectivity index (χ3v) is 3.22. The second kappa shape index (κ2) is 7.93. The van der Waals surface area contributed by atoms with E-state index in [1.165, 1.54) is 0 Å². The van der Waals surface area contributed by atoms with Gasteiger partial charge in [0.25, 0.3) is 0 Å². The Morgan fingerprint density at radius 1 is 1.32 bits per heavy atom. The summed E-state index contributed by atoms with van der Waals surface area (Å²) in [5, 5.41) is 12.9. The van der Waals surface area contributed by atoms with Crippen molar-refractivity contribution in [1.29, 1.82) is 5.26 Å². The molecule has 0 bridgehead atoms. The third-order valence-electron chi connectivity index (χ3n) is 3.22. The van der Waals surface area contributed by atoms with Crippen molar-refractivity contribution in [3.63, 3.8) is 0 Å². The second-order valence-electron chi connectivity index (χ2n) is 4.82. The molecule has 0 heterocycles. The van der Waals surface area contributed by atoms with Gasteiger partial charge in [0.2, 0.25) is 0 Å². The minimum absolute atomic E-state index is 0.181. The van der Waals surface area contributed by atoms with Gasteiger partial charge in [0.15, 0.2) is 5.54 Å². The zero-order valence-electron chi connectivity index (χ0n) is 12.1. The Bertz CT molecular complexity index is 399. The Balaban J connectivity index is 2.85. The van der Waals surface area contributed by atoms with Gasteiger partial charge < -0.3 is 4.74 Å². The molecule has 1 N–H and O–H groups in total. The molecule has 0 fully saturated rings. The maximum Gasteiger partial charge on any atom is 0.155 e. The molecule has 0 saturated carbocycles. The fourth-order valence-corrected chi connectivity index (χ4v) is 2.15. The maximum absolute atomic E-state index is 9.61. The quantitative estimate of drug-likeness (QED) is 0.780. The van der Waals surface area contributed by atoms with Crippen LogP contribution in [0.25, 0.3) is 0 Å². The highest BCUT2D eigenvalue weighted by molar-refractivity contribution is 5.31. The van der Waals surface area contributed by atoms with Crippen molar-refractivity contribution >= 4 is 0 Å². The summed E-state index contributed by atoms with van der Waals surface area (Å²) in [5.74, 6) is 0. The predicted molar refractivity (Wildman–Crippen MR) is 77.7 cm³/mol. The molecule has 0 spiro atoms. The molecule has 0 aliphatic rings. The number of nitrogens with zero attached hydrogens (tertiary/aromatic N) is 1. The summed E-state index contributed by atoms with van der Waals surface area (Å²) in [4.78, 5) is 0. The van der Waals surface area contributed by atoms with Crippen LogP contribution in [0.15, 0.2) is 30.3 Å². The lowest BCUT2D eigenvalue weighted by molar-refractivity contribution is 0.0281. The summed E-state index contributed by atoms with van der Waals surface area (Å²) in [6.07, 6.45) is 2.29. The number of nitriles is 1. The van der Waals surface area contributed by atoms with Crippen molar-refractivity contribution < 1.29 is 4.74 Å². The van der Waals surface area contributed by atoms with Gasteiger partial charge >= 0.3 is 0 Å². The van der Waals surface area contributed by atoms with Crippen molar-refractivity contribution in [2.24, 2.45) is 0 Å². The van der Waals surface area contributed by atoms with Crippen molar-refractivity contribution in [3.8, 4) is 6.07 Å². The van der Waals surface area contributed by atoms with Gasteiger partial charge in [0.1, 0.15) is 0 Å². The van der Waals surface area contributed by atoms with Crippen LogP contribution in [0.1, 0.15) is 39.2 Å². The van der Waals surface area contributed by atoms with E-state index in [0.29, 0.717) is 6.61 Å². The minimum Gasteiger partial charge on any atom is -0.375 e. The smallest absolute Gasteiger partial charge is 0.155 e. The van der Waals surface area contributed by atoms with E-state index < -0.39 is 5.54 Å². The van der Waals surface area contributed by atoms with Crippen LogP contribution >= 0.6 is 0 Å². The van der Waals surface area contributed by atoms with Crippen molar-refractivity contribution in [3.05, 3.63) is 35.9 Å². The van der Waals surface area contributed by atoms with E-state index in [-0.39, 0.29) is 6.10 Å². The van der Waals surface area contributed by atoms with Crippen molar-refractivity contribution in [2.45, 2.75) is 45.3 Å². The largest absolute Gasteiger partial charge is 0.375 e. The summed E-state index contributed by atoms with van der Waals surface area (Å²) < 4.78 is 5.86. The van der Waals surface area contributed by atoms with Crippen LogP contribution in [-0.4, -0.2) is 19.3 Å². The van der Waals surface area contributed by atoms with Crippen LogP contribution in [0.3, 0.4) is 0 Å². The van der Waals surface area contributed by atoms with E-state index in [4.69, 9.17) is 4.74 Å². The molecule has 0 saturated heterocycles. The Labute approximate surface area is 116 Å².